The van der Waals surface area contributed by atoms with Gasteiger partial charge in [-0.2, -0.15) is 0 Å². The summed E-state index contributed by atoms with van der Waals surface area (Å²) in [6.07, 6.45) is 11.1. The van der Waals surface area contributed by atoms with E-state index in [1.165, 1.54) is 11.1 Å². The number of benzene rings is 2. The van der Waals surface area contributed by atoms with Gasteiger partial charge in [0.1, 0.15) is 0 Å². The van der Waals surface area contributed by atoms with Crippen molar-refractivity contribution in [2.24, 2.45) is 5.92 Å². The number of aryl methyl sites for hydroxylation is 3. The molecule has 2 aromatic carbocycles. The molecule has 3 rings (SSSR count). The fourth-order valence-electron chi connectivity index (χ4n) is 3.82. The highest BCUT2D eigenvalue weighted by Gasteiger charge is 2.19. The lowest BCUT2D eigenvalue weighted by molar-refractivity contribution is 0.462. The first-order valence-corrected chi connectivity index (χ1v) is 9.90. The van der Waals surface area contributed by atoms with Crippen LogP contribution in [0, 0.1) is 24.5 Å². The molecule has 0 N–H and O–H groups in total. The molecule has 0 radical (unpaired) electrons. The predicted octanol–water partition coefficient (Wildman–Crippen LogP) is 7.07. The predicted molar refractivity (Wildman–Crippen MR) is 109 cm³/mol. The van der Waals surface area contributed by atoms with E-state index in [2.05, 4.69) is 49.9 Å². The molecule has 2 atom stereocenters. The van der Waals surface area contributed by atoms with Gasteiger partial charge >= 0.3 is 0 Å². The molecule has 0 spiro atoms. The van der Waals surface area contributed by atoms with Gasteiger partial charge in [0.05, 0.1) is 0 Å². The molecule has 0 aliphatic heterocycles. The number of hydrogen-bond acceptors (Lipinski definition) is 0. The summed E-state index contributed by atoms with van der Waals surface area (Å²) in [4.78, 5) is 0. The van der Waals surface area contributed by atoms with E-state index in [1.807, 2.05) is 0 Å². The summed E-state index contributed by atoms with van der Waals surface area (Å²) in [6, 6.07) is 12.2. The third-order valence-corrected chi connectivity index (χ3v) is 5.61. The second-order valence-electron chi connectivity index (χ2n) is 7.62. The lowest BCUT2D eigenvalue weighted by atomic mass is 9.82. The Bertz CT molecular complexity index is 802. The summed E-state index contributed by atoms with van der Waals surface area (Å²) in [5.41, 5.74) is 3.57. The van der Waals surface area contributed by atoms with Crippen molar-refractivity contribution in [3.63, 3.8) is 0 Å². The summed E-state index contributed by atoms with van der Waals surface area (Å²) in [5.74, 6) is -0.448. The van der Waals surface area contributed by atoms with E-state index in [9.17, 15) is 8.78 Å². The van der Waals surface area contributed by atoms with E-state index in [0.717, 1.165) is 19.3 Å². The van der Waals surface area contributed by atoms with E-state index in [0.29, 0.717) is 42.2 Å². The van der Waals surface area contributed by atoms with Crippen molar-refractivity contribution in [2.75, 3.05) is 0 Å². The Labute approximate surface area is 161 Å². The van der Waals surface area contributed by atoms with Gasteiger partial charge in [0, 0.05) is 5.92 Å². The maximum Gasteiger partial charge on any atom is 0.162 e. The zero-order valence-electron chi connectivity index (χ0n) is 16.1. The number of rotatable bonds is 7. The monoisotopic (exact) mass is 366 g/mol. The van der Waals surface area contributed by atoms with Gasteiger partial charge in [0.15, 0.2) is 11.6 Å². The van der Waals surface area contributed by atoms with Crippen LogP contribution in [0.3, 0.4) is 0 Å². The van der Waals surface area contributed by atoms with Crippen LogP contribution in [-0.2, 0) is 12.8 Å². The lowest BCUT2D eigenvalue weighted by Crippen LogP contribution is -2.09. The van der Waals surface area contributed by atoms with Gasteiger partial charge in [-0.1, -0.05) is 60.2 Å². The fraction of sp³-hybridized carbons (Fsp3) is 0.360. The molecule has 1 aliphatic carbocycles. The second kappa shape index (κ2) is 9.12. The molecule has 2 heteroatoms. The van der Waals surface area contributed by atoms with Gasteiger partial charge in [0.2, 0.25) is 0 Å². The molecule has 2 aromatic rings. The fourth-order valence-corrected chi connectivity index (χ4v) is 3.82. The van der Waals surface area contributed by atoms with E-state index >= 15 is 0 Å². The Hall–Kier alpha value is -2.22. The Kier molecular flexibility index (Phi) is 6.60. The number of allylic oxidation sites excluding steroid dienone is 3. The van der Waals surface area contributed by atoms with Gasteiger partial charge in [-0.3, -0.25) is 0 Å². The molecule has 0 heterocycles. The third kappa shape index (κ3) is 4.94. The highest BCUT2D eigenvalue weighted by molar-refractivity contribution is 5.29. The van der Waals surface area contributed by atoms with Gasteiger partial charge in [-0.05, 0) is 68.1 Å². The molecule has 1 aliphatic rings. The lowest BCUT2D eigenvalue weighted by Gasteiger charge is -2.23. The Morgan fingerprint density at radius 1 is 0.926 bits per heavy atom. The maximum atomic E-state index is 14.3. The molecular weight excluding hydrogens is 338 g/mol. The van der Waals surface area contributed by atoms with Crippen molar-refractivity contribution in [1.29, 1.82) is 0 Å². The highest BCUT2D eigenvalue weighted by Crippen LogP contribution is 2.32. The standard InChI is InChI=1S/C25H28F2/c1-3-4-5-22-16-17-23(25(27)24(22)26)15-10-19-8-13-21(14-9-19)20-11-6-18(2)7-12-20/h3,6-8,11-13,16-17,19,21H,1,4-5,9-10,14-15H2,2H3. The highest BCUT2D eigenvalue weighted by atomic mass is 19.2. The van der Waals surface area contributed by atoms with Crippen LogP contribution in [0.5, 0.6) is 0 Å². The average Bonchev–Trinajstić information content (AvgIpc) is 2.69. The first kappa shape index (κ1) is 19.5. The van der Waals surface area contributed by atoms with Crippen LogP contribution in [0.15, 0.2) is 61.2 Å². The molecule has 0 saturated heterocycles. The molecule has 0 amide bonds. The summed E-state index contributed by atoms with van der Waals surface area (Å²) in [6.45, 7) is 5.73. The Morgan fingerprint density at radius 3 is 2.19 bits per heavy atom. The van der Waals surface area contributed by atoms with E-state index in [1.54, 1.807) is 18.2 Å². The van der Waals surface area contributed by atoms with Crippen LogP contribution in [0.2, 0.25) is 0 Å². The van der Waals surface area contributed by atoms with Gasteiger partial charge in [0.25, 0.3) is 0 Å². The van der Waals surface area contributed by atoms with Crippen molar-refractivity contribution in [3.8, 4) is 0 Å². The molecule has 0 nitrogen and oxygen atoms in total. The minimum absolute atomic E-state index is 0.439. The van der Waals surface area contributed by atoms with Gasteiger partial charge in [-0.15, -0.1) is 6.58 Å². The maximum absolute atomic E-state index is 14.3. The third-order valence-electron chi connectivity index (χ3n) is 5.61. The largest absolute Gasteiger partial charge is 0.203 e. The summed E-state index contributed by atoms with van der Waals surface area (Å²) < 4.78 is 28.5. The normalized spacial score (nSPS) is 19.2. The van der Waals surface area contributed by atoms with Crippen LogP contribution in [0.4, 0.5) is 8.78 Å². The molecule has 0 bridgehead atoms. The minimum atomic E-state index is -0.687. The van der Waals surface area contributed by atoms with E-state index in [-0.39, 0.29) is 0 Å². The van der Waals surface area contributed by atoms with Crippen molar-refractivity contribution in [3.05, 3.63) is 95.1 Å². The minimum Gasteiger partial charge on any atom is -0.203 e. The first-order chi connectivity index (χ1) is 13.1. The van der Waals surface area contributed by atoms with E-state index < -0.39 is 11.6 Å². The Balaban J connectivity index is 1.58. The van der Waals surface area contributed by atoms with Crippen molar-refractivity contribution in [2.45, 2.75) is 51.4 Å². The quantitative estimate of drug-likeness (QED) is 0.460. The molecule has 0 saturated carbocycles. The second-order valence-corrected chi connectivity index (χ2v) is 7.62. The van der Waals surface area contributed by atoms with Crippen LogP contribution in [0.1, 0.15) is 53.9 Å². The average molecular weight is 366 g/mol. The zero-order chi connectivity index (χ0) is 19.2. The van der Waals surface area contributed by atoms with Gasteiger partial charge in [-0.25, -0.2) is 8.78 Å². The molecule has 0 aromatic heterocycles. The number of hydrogen-bond donors (Lipinski definition) is 0. The van der Waals surface area contributed by atoms with Crippen LogP contribution < -0.4 is 0 Å². The topological polar surface area (TPSA) is 0 Å². The summed E-state index contributed by atoms with van der Waals surface area (Å²) >= 11 is 0. The Morgan fingerprint density at radius 2 is 1.59 bits per heavy atom. The first-order valence-electron chi connectivity index (χ1n) is 9.90. The van der Waals surface area contributed by atoms with Crippen molar-refractivity contribution < 1.29 is 8.78 Å². The van der Waals surface area contributed by atoms with Crippen molar-refractivity contribution in [1.82, 2.24) is 0 Å². The van der Waals surface area contributed by atoms with Crippen LogP contribution in [0.25, 0.3) is 0 Å². The van der Waals surface area contributed by atoms with E-state index in [4.69, 9.17) is 0 Å². The van der Waals surface area contributed by atoms with Gasteiger partial charge < -0.3 is 0 Å². The summed E-state index contributed by atoms with van der Waals surface area (Å²) in [5, 5.41) is 0. The van der Waals surface area contributed by atoms with Crippen LogP contribution in [-0.4, -0.2) is 0 Å². The number of halogens is 2. The summed E-state index contributed by atoms with van der Waals surface area (Å²) in [7, 11) is 0. The molecule has 27 heavy (non-hydrogen) atoms. The van der Waals surface area contributed by atoms with Crippen LogP contribution >= 0.6 is 0 Å². The molecule has 2 unspecified atom stereocenters. The smallest absolute Gasteiger partial charge is 0.162 e. The molecule has 142 valence electrons. The zero-order valence-corrected chi connectivity index (χ0v) is 16.1. The molecule has 0 fully saturated rings. The molecular formula is C25H28F2. The SMILES string of the molecule is C=CCCc1ccc(CCC2C=CC(c3ccc(C)cc3)CC2)c(F)c1F. The van der Waals surface area contributed by atoms with Crippen molar-refractivity contribution >= 4 is 0 Å².